The number of hydrogen-bond donors (Lipinski definition) is 1. The number of benzene rings is 1. The Morgan fingerprint density at radius 1 is 1.14 bits per heavy atom. The number of halogens is 6. The van der Waals surface area contributed by atoms with E-state index in [0.29, 0.717) is 6.07 Å². The molecule has 1 aromatic carbocycles. The van der Waals surface area contributed by atoms with Crippen molar-refractivity contribution in [3.05, 3.63) is 34.9 Å². The predicted molar refractivity (Wildman–Crippen MR) is 62.8 cm³/mol. The summed E-state index contributed by atoms with van der Waals surface area (Å²) in [4.78, 5) is 12.1. The lowest BCUT2D eigenvalue weighted by atomic mass is 9.97. The summed E-state index contributed by atoms with van der Waals surface area (Å²) >= 11 is 0. The summed E-state index contributed by atoms with van der Waals surface area (Å²) in [6.45, 7) is -0.0853. The molecule has 2 rings (SSSR count). The fourth-order valence-corrected chi connectivity index (χ4v) is 2.25. The lowest BCUT2D eigenvalue weighted by Gasteiger charge is -2.37. The van der Waals surface area contributed by atoms with Crippen LogP contribution >= 0.6 is 0 Å². The average molecular weight is 327 g/mol. The number of aliphatic carboxylic acids is 1. The molecule has 0 aromatic heterocycles. The largest absolute Gasteiger partial charge is 0.481 e. The van der Waals surface area contributed by atoms with Gasteiger partial charge in [-0.15, -0.1) is 0 Å². The minimum absolute atomic E-state index is 0.0770. The first-order valence-corrected chi connectivity index (χ1v) is 6.21. The number of carboxylic acid groups (broad SMARTS) is 1. The highest BCUT2D eigenvalue weighted by atomic mass is 19.4. The van der Waals surface area contributed by atoms with Gasteiger partial charge in [0.05, 0.1) is 17.0 Å². The van der Waals surface area contributed by atoms with Gasteiger partial charge in [0.1, 0.15) is 0 Å². The van der Waals surface area contributed by atoms with E-state index in [-0.39, 0.29) is 31.3 Å². The Kier molecular flexibility index (Phi) is 4.12. The molecular weight excluding hydrogens is 316 g/mol. The molecule has 0 aliphatic carbocycles. The van der Waals surface area contributed by atoms with Gasteiger partial charge in [-0.05, 0) is 17.7 Å². The molecule has 1 aliphatic rings. The van der Waals surface area contributed by atoms with E-state index >= 15 is 0 Å². The van der Waals surface area contributed by atoms with Gasteiger partial charge >= 0.3 is 18.3 Å². The summed E-state index contributed by atoms with van der Waals surface area (Å²) in [5.74, 6) is -1.69. The van der Waals surface area contributed by atoms with Gasteiger partial charge in [-0.1, -0.05) is 6.07 Å². The second kappa shape index (κ2) is 5.45. The van der Waals surface area contributed by atoms with Gasteiger partial charge in [0.15, 0.2) is 0 Å². The Balaban J connectivity index is 2.23. The van der Waals surface area contributed by atoms with Gasteiger partial charge < -0.3 is 5.11 Å². The highest BCUT2D eigenvalue weighted by molar-refractivity contribution is 5.71. The van der Waals surface area contributed by atoms with Crippen LogP contribution in [0.4, 0.5) is 26.3 Å². The fraction of sp³-hybridized carbons (Fsp3) is 0.462. The van der Waals surface area contributed by atoms with Gasteiger partial charge in [-0.3, -0.25) is 9.69 Å². The van der Waals surface area contributed by atoms with Crippen LogP contribution in [-0.4, -0.2) is 29.1 Å². The van der Waals surface area contributed by atoms with Crippen molar-refractivity contribution < 1.29 is 36.2 Å². The molecule has 0 atom stereocenters. The van der Waals surface area contributed by atoms with Crippen LogP contribution in [0, 0.1) is 5.92 Å². The van der Waals surface area contributed by atoms with Crippen molar-refractivity contribution in [2.75, 3.05) is 13.1 Å². The smallest absolute Gasteiger partial charge is 0.416 e. The molecule has 3 nitrogen and oxygen atoms in total. The number of hydrogen-bond acceptors (Lipinski definition) is 2. The van der Waals surface area contributed by atoms with E-state index in [2.05, 4.69) is 0 Å². The van der Waals surface area contributed by atoms with Crippen molar-refractivity contribution in [1.82, 2.24) is 4.90 Å². The van der Waals surface area contributed by atoms with E-state index in [9.17, 15) is 31.1 Å². The second-order valence-corrected chi connectivity index (χ2v) is 5.10. The van der Waals surface area contributed by atoms with Crippen LogP contribution in [0.3, 0.4) is 0 Å². The van der Waals surface area contributed by atoms with Crippen LogP contribution in [-0.2, 0) is 23.7 Å². The molecular formula is C13H11F6NO2. The van der Waals surface area contributed by atoms with Crippen LogP contribution in [0.2, 0.25) is 0 Å². The minimum atomic E-state index is -4.91. The lowest BCUT2D eigenvalue weighted by Crippen LogP contribution is -2.49. The van der Waals surface area contributed by atoms with E-state index in [1.807, 2.05) is 0 Å². The molecule has 122 valence electrons. The summed E-state index contributed by atoms with van der Waals surface area (Å²) in [5.41, 5.74) is -3.01. The monoisotopic (exact) mass is 327 g/mol. The molecule has 1 aromatic rings. The highest BCUT2D eigenvalue weighted by Crippen LogP contribution is 2.38. The Morgan fingerprint density at radius 2 is 1.73 bits per heavy atom. The maximum atomic E-state index is 12.9. The number of alkyl halides is 6. The maximum Gasteiger partial charge on any atom is 0.416 e. The van der Waals surface area contributed by atoms with E-state index in [0.717, 1.165) is 6.07 Å². The number of likely N-dealkylation sites (tertiary alicyclic amines) is 1. The molecule has 1 N–H and O–H groups in total. The van der Waals surface area contributed by atoms with E-state index in [4.69, 9.17) is 5.11 Å². The Morgan fingerprint density at radius 3 is 2.18 bits per heavy atom. The number of carboxylic acids is 1. The first-order chi connectivity index (χ1) is 9.98. The van der Waals surface area contributed by atoms with Gasteiger partial charge in [0, 0.05) is 19.6 Å². The summed E-state index contributed by atoms with van der Waals surface area (Å²) in [6, 6.07) is 1.47. The van der Waals surface area contributed by atoms with Crippen molar-refractivity contribution >= 4 is 5.97 Å². The summed E-state index contributed by atoms with van der Waals surface area (Å²) < 4.78 is 76.3. The van der Waals surface area contributed by atoms with Crippen molar-refractivity contribution in [2.45, 2.75) is 18.9 Å². The third-order valence-corrected chi connectivity index (χ3v) is 3.44. The lowest BCUT2D eigenvalue weighted by molar-refractivity contribution is -0.149. The predicted octanol–water partition coefficient (Wildman–Crippen LogP) is 3.24. The SMILES string of the molecule is O=C(O)C1CN(Cc2ccc(C(F)(F)F)cc2C(F)(F)F)C1. The van der Waals surface area contributed by atoms with Crippen LogP contribution in [0.5, 0.6) is 0 Å². The van der Waals surface area contributed by atoms with E-state index < -0.39 is 35.4 Å². The summed E-state index contributed by atoms with van der Waals surface area (Å²) in [5, 5.41) is 8.70. The second-order valence-electron chi connectivity index (χ2n) is 5.10. The normalized spacial score (nSPS) is 17.4. The first kappa shape index (κ1) is 16.6. The Labute approximate surface area is 121 Å². The number of carbonyl (C=O) groups is 1. The summed E-state index contributed by atoms with van der Waals surface area (Å²) in [6.07, 6.45) is -9.77. The molecule has 22 heavy (non-hydrogen) atoms. The molecule has 1 saturated heterocycles. The van der Waals surface area contributed by atoms with Crippen LogP contribution in [0.1, 0.15) is 16.7 Å². The van der Waals surface area contributed by atoms with Crippen LogP contribution in [0.15, 0.2) is 18.2 Å². The van der Waals surface area contributed by atoms with Crippen molar-refractivity contribution in [3.63, 3.8) is 0 Å². The highest BCUT2D eigenvalue weighted by Gasteiger charge is 2.39. The quantitative estimate of drug-likeness (QED) is 0.867. The molecule has 0 saturated carbocycles. The molecule has 1 fully saturated rings. The van der Waals surface area contributed by atoms with Gasteiger partial charge in [-0.25, -0.2) is 0 Å². The molecule has 1 aliphatic heterocycles. The van der Waals surface area contributed by atoms with Crippen molar-refractivity contribution in [3.8, 4) is 0 Å². The van der Waals surface area contributed by atoms with Crippen molar-refractivity contribution in [1.29, 1.82) is 0 Å². The van der Waals surface area contributed by atoms with E-state index in [1.54, 1.807) is 0 Å². The first-order valence-electron chi connectivity index (χ1n) is 6.21. The summed E-state index contributed by atoms with van der Waals surface area (Å²) in [7, 11) is 0. The van der Waals surface area contributed by atoms with E-state index in [1.165, 1.54) is 4.90 Å². The zero-order valence-electron chi connectivity index (χ0n) is 11.0. The molecule has 9 heteroatoms. The number of rotatable bonds is 3. The number of nitrogens with zero attached hydrogens (tertiary/aromatic N) is 1. The zero-order valence-corrected chi connectivity index (χ0v) is 11.0. The van der Waals surface area contributed by atoms with Crippen LogP contribution in [0.25, 0.3) is 0 Å². The Hall–Kier alpha value is -1.77. The van der Waals surface area contributed by atoms with Gasteiger partial charge in [0.25, 0.3) is 0 Å². The molecule has 0 amide bonds. The fourth-order valence-electron chi connectivity index (χ4n) is 2.25. The Bertz CT molecular complexity index is 575. The third kappa shape index (κ3) is 3.52. The minimum Gasteiger partial charge on any atom is -0.481 e. The standard InChI is InChI=1S/C13H11F6NO2/c14-12(15,16)9-2-1-7(10(3-9)13(17,18)19)4-20-5-8(6-20)11(21)22/h1-3,8H,4-6H2,(H,21,22). The zero-order chi connectivity index (χ0) is 16.7. The maximum absolute atomic E-state index is 12.9. The van der Waals surface area contributed by atoms with Crippen LogP contribution < -0.4 is 0 Å². The molecule has 0 unspecified atom stereocenters. The topological polar surface area (TPSA) is 40.5 Å². The molecule has 0 radical (unpaired) electrons. The third-order valence-electron chi connectivity index (χ3n) is 3.44. The molecule has 0 spiro atoms. The molecule has 0 bridgehead atoms. The van der Waals surface area contributed by atoms with Gasteiger partial charge in [-0.2, -0.15) is 26.3 Å². The molecule has 1 heterocycles. The van der Waals surface area contributed by atoms with Crippen molar-refractivity contribution in [2.24, 2.45) is 5.92 Å². The van der Waals surface area contributed by atoms with Gasteiger partial charge in [0.2, 0.25) is 0 Å². The average Bonchev–Trinajstić information content (AvgIpc) is 2.30.